The number of ether oxygens (including phenoxy) is 2. The molecule has 1 N–H and O–H groups in total. The standard InChI is InChI=1S/C12H16N2O4S/c1-6-8(10(13-2)19-14-6)11(15)18-9(7-4-5-7)12(16)17-3/h7,9,13H,4-5H2,1-3H3. The molecule has 6 nitrogen and oxygen atoms in total. The minimum atomic E-state index is -0.804. The van der Waals surface area contributed by atoms with Crippen molar-refractivity contribution in [1.29, 1.82) is 0 Å². The van der Waals surface area contributed by atoms with Crippen LogP contribution in [0.2, 0.25) is 0 Å². The van der Waals surface area contributed by atoms with Crippen LogP contribution in [0.25, 0.3) is 0 Å². The number of nitrogens with zero attached hydrogens (tertiary/aromatic N) is 1. The molecule has 0 aromatic carbocycles. The second-order valence-electron chi connectivity index (χ2n) is 4.41. The third kappa shape index (κ3) is 2.86. The van der Waals surface area contributed by atoms with Crippen molar-refractivity contribution >= 4 is 28.5 Å². The van der Waals surface area contributed by atoms with Gasteiger partial charge in [-0.05, 0) is 31.3 Å². The van der Waals surface area contributed by atoms with Gasteiger partial charge < -0.3 is 14.8 Å². The van der Waals surface area contributed by atoms with Gasteiger partial charge in [0.05, 0.1) is 12.8 Å². The molecule has 0 amide bonds. The Kier molecular flexibility index (Phi) is 4.04. The van der Waals surface area contributed by atoms with Crippen LogP contribution in [0, 0.1) is 12.8 Å². The van der Waals surface area contributed by atoms with Gasteiger partial charge in [-0.15, -0.1) is 0 Å². The lowest BCUT2D eigenvalue weighted by atomic mass is 10.2. The van der Waals surface area contributed by atoms with Crippen molar-refractivity contribution in [3.8, 4) is 0 Å². The van der Waals surface area contributed by atoms with Crippen molar-refractivity contribution in [1.82, 2.24) is 4.37 Å². The summed E-state index contributed by atoms with van der Waals surface area (Å²) in [5, 5.41) is 3.54. The van der Waals surface area contributed by atoms with Crippen LogP contribution in [0.3, 0.4) is 0 Å². The van der Waals surface area contributed by atoms with Gasteiger partial charge in [0.15, 0.2) is 0 Å². The minimum Gasteiger partial charge on any atom is -0.466 e. The summed E-state index contributed by atoms with van der Waals surface area (Å²) in [6.45, 7) is 1.73. The molecule has 1 unspecified atom stereocenters. The molecular weight excluding hydrogens is 268 g/mol. The number of aryl methyl sites for hydroxylation is 1. The van der Waals surface area contributed by atoms with Crippen molar-refractivity contribution < 1.29 is 19.1 Å². The molecule has 0 radical (unpaired) electrons. The summed E-state index contributed by atoms with van der Waals surface area (Å²) in [6.07, 6.45) is 0.959. The molecule has 0 bridgehead atoms. The number of nitrogens with one attached hydrogen (secondary N) is 1. The van der Waals surface area contributed by atoms with Gasteiger partial charge in [0.1, 0.15) is 10.6 Å². The Labute approximate surface area is 115 Å². The zero-order chi connectivity index (χ0) is 14.0. The normalized spacial score (nSPS) is 15.7. The average molecular weight is 284 g/mol. The van der Waals surface area contributed by atoms with E-state index in [0.717, 1.165) is 12.8 Å². The van der Waals surface area contributed by atoms with Gasteiger partial charge >= 0.3 is 11.9 Å². The average Bonchev–Trinajstić information content (AvgIpc) is 3.17. The Morgan fingerprint density at radius 2 is 2.16 bits per heavy atom. The second-order valence-corrected chi connectivity index (χ2v) is 5.18. The van der Waals surface area contributed by atoms with Crippen molar-refractivity contribution in [2.75, 3.05) is 19.5 Å². The van der Waals surface area contributed by atoms with E-state index in [4.69, 9.17) is 4.74 Å². The summed E-state index contributed by atoms with van der Waals surface area (Å²) < 4.78 is 14.1. The Balaban J connectivity index is 2.14. The highest BCUT2D eigenvalue weighted by molar-refractivity contribution is 7.10. The number of aromatic nitrogens is 1. The zero-order valence-corrected chi connectivity index (χ0v) is 11.9. The van der Waals surface area contributed by atoms with Crippen LogP contribution in [0.15, 0.2) is 0 Å². The number of hydrogen-bond donors (Lipinski definition) is 1. The molecule has 1 aliphatic carbocycles. The van der Waals surface area contributed by atoms with Gasteiger partial charge in [-0.25, -0.2) is 9.59 Å². The first-order chi connectivity index (χ1) is 9.08. The zero-order valence-electron chi connectivity index (χ0n) is 11.1. The van der Waals surface area contributed by atoms with Crippen LogP contribution in [-0.2, 0) is 14.3 Å². The van der Waals surface area contributed by atoms with Gasteiger partial charge in [0.2, 0.25) is 6.10 Å². The first-order valence-electron chi connectivity index (χ1n) is 6.01. The molecule has 104 valence electrons. The van der Waals surface area contributed by atoms with Crippen LogP contribution in [0.4, 0.5) is 5.00 Å². The maximum Gasteiger partial charge on any atom is 0.347 e. The van der Waals surface area contributed by atoms with Gasteiger partial charge in [-0.1, -0.05) is 0 Å². The van der Waals surface area contributed by atoms with E-state index in [-0.39, 0.29) is 5.92 Å². The molecular formula is C12H16N2O4S. The quantitative estimate of drug-likeness (QED) is 0.828. The third-order valence-corrected chi connectivity index (χ3v) is 3.97. The first-order valence-corrected chi connectivity index (χ1v) is 6.78. The van der Waals surface area contributed by atoms with Crippen LogP contribution in [0.1, 0.15) is 28.9 Å². The Morgan fingerprint density at radius 3 is 2.68 bits per heavy atom. The Morgan fingerprint density at radius 1 is 1.47 bits per heavy atom. The number of rotatable bonds is 5. The highest BCUT2D eigenvalue weighted by Gasteiger charge is 2.40. The number of carbonyl (C=O) groups excluding carboxylic acids is 2. The van der Waals surface area contributed by atoms with E-state index in [0.29, 0.717) is 16.3 Å². The SMILES string of the molecule is CNc1snc(C)c1C(=O)OC(C(=O)OC)C1CC1. The molecule has 1 aromatic heterocycles. The van der Waals surface area contributed by atoms with E-state index in [2.05, 4.69) is 14.4 Å². The predicted octanol–water partition coefficient (Wildman–Crippen LogP) is 1.60. The smallest absolute Gasteiger partial charge is 0.347 e. The molecule has 0 spiro atoms. The maximum absolute atomic E-state index is 12.2. The summed E-state index contributed by atoms with van der Waals surface area (Å²) in [7, 11) is 3.00. The molecule has 1 heterocycles. The summed E-state index contributed by atoms with van der Waals surface area (Å²) in [5.74, 6) is -0.943. The van der Waals surface area contributed by atoms with Gasteiger partial charge in [-0.3, -0.25) is 0 Å². The molecule has 0 aliphatic heterocycles. The monoisotopic (exact) mass is 284 g/mol. The third-order valence-electron chi connectivity index (χ3n) is 3.01. The fourth-order valence-corrected chi connectivity index (χ4v) is 2.54. The lowest BCUT2D eigenvalue weighted by molar-refractivity contribution is -0.152. The lowest BCUT2D eigenvalue weighted by Crippen LogP contribution is -2.30. The number of methoxy groups -OCH3 is 1. The van der Waals surface area contributed by atoms with E-state index in [1.165, 1.54) is 18.6 Å². The summed E-state index contributed by atoms with van der Waals surface area (Å²) in [5.41, 5.74) is 0.987. The van der Waals surface area contributed by atoms with E-state index < -0.39 is 18.0 Å². The van der Waals surface area contributed by atoms with E-state index in [1.807, 2.05) is 0 Å². The van der Waals surface area contributed by atoms with Crippen LogP contribution in [0.5, 0.6) is 0 Å². The molecule has 1 aliphatic rings. The van der Waals surface area contributed by atoms with Crippen molar-refractivity contribution in [2.45, 2.75) is 25.9 Å². The van der Waals surface area contributed by atoms with E-state index in [9.17, 15) is 9.59 Å². The van der Waals surface area contributed by atoms with Crippen molar-refractivity contribution in [3.05, 3.63) is 11.3 Å². The lowest BCUT2D eigenvalue weighted by Gasteiger charge is -2.15. The maximum atomic E-state index is 12.2. The number of anilines is 1. The predicted molar refractivity (Wildman–Crippen MR) is 70.3 cm³/mol. The molecule has 1 atom stereocenters. The molecule has 1 fully saturated rings. The number of esters is 2. The number of carbonyl (C=O) groups is 2. The first kappa shape index (κ1) is 13.8. The van der Waals surface area contributed by atoms with Crippen LogP contribution < -0.4 is 5.32 Å². The molecule has 1 saturated carbocycles. The summed E-state index contributed by atoms with van der Waals surface area (Å²) >= 11 is 1.19. The molecule has 0 saturated heterocycles. The summed E-state index contributed by atoms with van der Waals surface area (Å²) in [6, 6.07) is 0. The van der Waals surface area contributed by atoms with Crippen LogP contribution in [-0.4, -0.2) is 36.6 Å². The van der Waals surface area contributed by atoms with Gasteiger partial charge in [0.25, 0.3) is 0 Å². The van der Waals surface area contributed by atoms with Gasteiger partial charge in [0, 0.05) is 13.0 Å². The highest BCUT2D eigenvalue weighted by atomic mass is 32.1. The van der Waals surface area contributed by atoms with Crippen LogP contribution >= 0.6 is 11.5 Å². The minimum absolute atomic E-state index is 0.0846. The highest BCUT2D eigenvalue weighted by Crippen LogP contribution is 2.36. The largest absolute Gasteiger partial charge is 0.466 e. The summed E-state index contributed by atoms with van der Waals surface area (Å²) in [4.78, 5) is 23.8. The molecule has 7 heteroatoms. The Bertz CT molecular complexity index is 496. The number of hydrogen-bond acceptors (Lipinski definition) is 7. The fraction of sp³-hybridized carbons (Fsp3) is 0.583. The molecule has 2 rings (SSSR count). The van der Waals surface area contributed by atoms with E-state index >= 15 is 0 Å². The topological polar surface area (TPSA) is 77.5 Å². The Hall–Kier alpha value is -1.63. The molecule has 19 heavy (non-hydrogen) atoms. The van der Waals surface area contributed by atoms with Gasteiger partial charge in [-0.2, -0.15) is 4.37 Å². The van der Waals surface area contributed by atoms with Crippen molar-refractivity contribution in [2.24, 2.45) is 5.92 Å². The second kappa shape index (κ2) is 5.56. The van der Waals surface area contributed by atoms with E-state index in [1.54, 1.807) is 14.0 Å². The molecule has 1 aromatic rings. The fourth-order valence-electron chi connectivity index (χ4n) is 1.81. The van der Waals surface area contributed by atoms with Crippen molar-refractivity contribution in [3.63, 3.8) is 0 Å².